The van der Waals surface area contributed by atoms with E-state index in [2.05, 4.69) is 14.8 Å². The van der Waals surface area contributed by atoms with Gasteiger partial charge in [0.25, 0.3) is 0 Å². The van der Waals surface area contributed by atoms with Gasteiger partial charge in [0, 0.05) is 0 Å². The first-order valence-electron chi connectivity index (χ1n) is 8.70. The normalized spacial score (nSPS) is 14.9. The third-order valence-electron chi connectivity index (χ3n) is 3.90. The first-order valence-corrected chi connectivity index (χ1v) is 10.1. The average molecular weight is 427 g/mol. The number of fused-ring (bicyclic) bond motifs is 1. The Kier molecular flexibility index (Phi) is 8.46. The minimum absolute atomic E-state index is 0.0644. The third-order valence-corrected chi connectivity index (χ3v) is 4.45. The molecule has 10 nitrogen and oxygen atoms in total. The average Bonchev–Trinajstić information content (AvgIpc) is 2.68. The molecular formula is C17H22BNO9S. The lowest BCUT2D eigenvalue weighted by Gasteiger charge is -2.29. The Morgan fingerprint density at radius 2 is 2.07 bits per heavy atom. The number of hydrogen-bond acceptors (Lipinski definition) is 10. The molecule has 158 valence electrons. The fraction of sp³-hybridized carbons (Fsp3) is 0.471. The second kappa shape index (κ2) is 10.8. The zero-order valence-electron chi connectivity index (χ0n) is 16.3. The van der Waals surface area contributed by atoms with Gasteiger partial charge < -0.3 is 33.9 Å². The van der Waals surface area contributed by atoms with Gasteiger partial charge in [-0.15, -0.1) is 0 Å². The Morgan fingerprint density at radius 1 is 1.31 bits per heavy atom. The van der Waals surface area contributed by atoms with E-state index in [0.717, 1.165) is 0 Å². The van der Waals surface area contributed by atoms with Crippen LogP contribution in [0.2, 0.25) is 0 Å². The monoisotopic (exact) mass is 427 g/mol. The fourth-order valence-electron chi connectivity index (χ4n) is 2.67. The van der Waals surface area contributed by atoms with Crippen LogP contribution in [0.1, 0.15) is 22.8 Å². The van der Waals surface area contributed by atoms with Crippen molar-refractivity contribution in [1.29, 1.82) is 0 Å². The molecule has 1 heterocycles. The number of carbonyl (C=O) groups is 3. The molecule has 0 radical (unpaired) electrons. The Balaban J connectivity index is 2.17. The Labute approximate surface area is 172 Å². The molecule has 1 aromatic rings. The number of hydrogen-bond donors (Lipinski definition) is 2. The number of amides is 1. The van der Waals surface area contributed by atoms with Crippen LogP contribution in [-0.2, 0) is 25.4 Å². The van der Waals surface area contributed by atoms with Crippen LogP contribution >= 0.6 is 11.8 Å². The molecule has 1 aromatic carbocycles. The second-order valence-electron chi connectivity index (χ2n) is 5.83. The van der Waals surface area contributed by atoms with Crippen LogP contribution in [0.25, 0.3) is 0 Å². The maximum atomic E-state index is 12.5. The highest BCUT2D eigenvalue weighted by Gasteiger charge is 2.39. The van der Waals surface area contributed by atoms with E-state index in [-0.39, 0.29) is 41.8 Å². The van der Waals surface area contributed by atoms with E-state index in [0.29, 0.717) is 5.56 Å². The topological polar surface area (TPSA) is 130 Å². The van der Waals surface area contributed by atoms with Gasteiger partial charge in [-0.2, -0.15) is 11.8 Å². The molecule has 0 spiro atoms. The lowest BCUT2D eigenvalue weighted by Crippen LogP contribution is -2.53. The molecule has 1 unspecified atom stereocenters. The van der Waals surface area contributed by atoms with Gasteiger partial charge in [0.05, 0.1) is 25.4 Å². The lowest BCUT2D eigenvalue weighted by atomic mass is 9.72. The van der Waals surface area contributed by atoms with Gasteiger partial charge >= 0.3 is 19.2 Å². The smallest absolute Gasteiger partial charge is 0.534 e. The molecule has 2 N–H and O–H groups in total. The summed E-state index contributed by atoms with van der Waals surface area (Å²) in [5.41, 5.74) is 0.509. The number of thioether (sulfide) groups is 1. The minimum Gasteiger partial charge on any atom is -0.534 e. The summed E-state index contributed by atoms with van der Waals surface area (Å²) in [5, 5.41) is 13.0. The summed E-state index contributed by atoms with van der Waals surface area (Å²) in [4.78, 5) is 35.5. The number of esters is 1. The maximum absolute atomic E-state index is 12.5. The highest BCUT2D eigenvalue weighted by Crippen LogP contribution is 2.36. The van der Waals surface area contributed by atoms with Crippen molar-refractivity contribution in [3.63, 3.8) is 0 Å². The molecule has 29 heavy (non-hydrogen) atoms. The van der Waals surface area contributed by atoms with Crippen LogP contribution in [0, 0.1) is 0 Å². The summed E-state index contributed by atoms with van der Waals surface area (Å²) in [6, 6.07) is 3.21. The number of nitrogens with one attached hydrogen (secondary N) is 1. The van der Waals surface area contributed by atoms with Crippen LogP contribution in [0.5, 0.6) is 11.5 Å². The SMILES string of the molecule is CCOC(=O)OCOC(=O)c1c(OC)ccc2c1OB(O)C(NC(=O)CSC)C2. The molecule has 0 bridgehead atoms. The summed E-state index contributed by atoms with van der Waals surface area (Å²) in [7, 11) is -0.0130. The standard InChI is InChI=1S/C17H22BNO9S/c1-4-25-17(22)27-9-26-16(21)14-11(24-2)6-5-10-7-12(18(23)28-15(10)14)19-13(20)8-29-3/h5-6,12,23H,4,7-9H2,1-3H3,(H,19,20). The molecule has 0 fully saturated rings. The summed E-state index contributed by atoms with van der Waals surface area (Å²) < 4.78 is 24.8. The molecule has 0 aliphatic carbocycles. The van der Waals surface area contributed by atoms with E-state index in [4.69, 9.17) is 14.1 Å². The van der Waals surface area contributed by atoms with Crippen molar-refractivity contribution in [2.45, 2.75) is 19.3 Å². The molecule has 12 heteroatoms. The molecule has 1 aliphatic heterocycles. The number of ether oxygens (including phenoxy) is 4. The van der Waals surface area contributed by atoms with Crippen LogP contribution in [0.15, 0.2) is 12.1 Å². The van der Waals surface area contributed by atoms with Crippen molar-refractivity contribution in [1.82, 2.24) is 5.32 Å². The highest BCUT2D eigenvalue weighted by molar-refractivity contribution is 7.99. The van der Waals surface area contributed by atoms with Gasteiger partial charge in [-0.05, 0) is 31.2 Å². The van der Waals surface area contributed by atoms with Gasteiger partial charge in [0.2, 0.25) is 12.7 Å². The summed E-state index contributed by atoms with van der Waals surface area (Å²) in [6.45, 7) is 1.06. The number of methoxy groups -OCH3 is 1. The maximum Gasteiger partial charge on any atom is 0.547 e. The van der Waals surface area contributed by atoms with Crippen molar-refractivity contribution in [3.05, 3.63) is 23.3 Å². The zero-order chi connectivity index (χ0) is 21.4. The summed E-state index contributed by atoms with van der Waals surface area (Å²) in [6.07, 6.45) is 1.05. The molecule has 1 amide bonds. The van der Waals surface area contributed by atoms with Crippen molar-refractivity contribution in [3.8, 4) is 11.5 Å². The van der Waals surface area contributed by atoms with Crippen molar-refractivity contribution in [2.24, 2.45) is 0 Å². The van der Waals surface area contributed by atoms with Crippen LogP contribution in [-0.4, -0.2) is 68.6 Å². The van der Waals surface area contributed by atoms with Gasteiger partial charge in [0.1, 0.15) is 17.1 Å². The lowest BCUT2D eigenvalue weighted by molar-refractivity contribution is -0.119. The first-order chi connectivity index (χ1) is 13.9. The van der Waals surface area contributed by atoms with Crippen molar-refractivity contribution >= 4 is 36.9 Å². The van der Waals surface area contributed by atoms with E-state index in [1.54, 1.807) is 25.3 Å². The molecule has 0 saturated carbocycles. The number of carbonyl (C=O) groups excluding carboxylic acids is 3. The van der Waals surface area contributed by atoms with Crippen LogP contribution < -0.4 is 14.7 Å². The largest absolute Gasteiger partial charge is 0.547 e. The van der Waals surface area contributed by atoms with E-state index in [1.165, 1.54) is 18.9 Å². The van der Waals surface area contributed by atoms with Gasteiger partial charge in [-0.3, -0.25) is 4.79 Å². The molecule has 1 atom stereocenters. The van der Waals surface area contributed by atoms with Crippen LogP contribution in [0.3, 0.4) is 0 Å². The van der Waals surface area contributed by atoms with Crippen molar-refractivity contribution < 1.29 is 43.0 Å². The summed E-state index contributed by atoms with van der Waals surface area (Å²) in [5.74, 6) is -1.31. The molecule has 0 saturated heterocycles. The summed E-state index contributed by atoms with van der Waals surface area (Å²) >= 11 is 1.35. The number of rotatable bonds is 8. The van der Waals surface area contributed by atoms with E-state index >= 15 is 0 Å². The number of benzene rings is 1. The Hall–Kier alpha value is -2.60. The highest BCUT2D eigenvalue weighted by atomic mass is 32.2. The third kappa shape index (κ3) is 5.94. The fourth-order valence-corrected chi connectivity index (χ4v) is 3.02. The van der Waals surface area contributed by atoms with E-state index in [1.807, 2.05) is 0 Å². The minimum atomic E-state index is -1.37. The van der Waals surface area contributed by atoms with Gasteiger partial charge in [-0.25, -0.2) is 9.59 Å². The predicted molar refractivity (Wildman–Crippen MR) is 104 cm³/mol. The van der Waals surface area contributed by atoms with Crippen molar-refractivity contribution in [2.75, 3.05) is 32.5 Å². The van der Waals surface area contributed by atoms with Gasteiger partial charge in [-0.1, -0.05) is 6.07 Å². The predicted octanol–water partition coefficient (Wildman–Crippen LogP) is 0.785. The molecule has 0 aromatic heterocycles. The molecule has 1 aliphatic rings. The Morgan fingerprint density at radius 3 is 2.72 bits per heavy atom. The zero-order valence-corrected chi connectivity index (χ0v) is 17.1. The quantitative estimate of drug-likeness (QED) is 0.349. The van der Waals surface area contributed by atoms with Crippen LogP contribution in [0.4, 0.5) is 4.79 Å². The van der Waals surface area contributed by atoms with E-state index < -0.39 is 32.0 Å². The van der Waals surface area contributed by atoms with E-state index in [9.17, 15) is 19.4 Å². The van der Waals surface area contributed by atoms with Gasteiger partial charge in [0.15, 0.2) is 0 Å². The first kappa shape index (κ1) is 22.7. The molecular weight excluding hydrogens is 405 g/mol. The second-order valence-corrected chi connectivity index (χ2v) is 6.69. The Bertz CT molecular complexity index is 761. The molecule has 2 rings (SSSR count).